The van der Waals surface area contributed by atoms with E-state index in [4.69, 9.17) is 4.74 Å². The van der Waals surface area contributed by atoms with Crippen molar-refractivity contribution in [1.82, 2.24) is 20.1 Å². The molecule has 4 aromatic carbocycles. The molecule has 9 nitrogen and oxygen atoms in total. The number of non-ortho nitro benzene ring substituents is 1. The highest BCUT2D eigenvalue weighted by molar-refractivity contribution is 7.98. The van der Waals surface area contributed by atoms with E-state index in [2.05, 4.69) is 15.5 Å². The van der Waals surface area contributed by atoms with Crippen molar-refractivity contribution in [2.45, 2.75) is 23.4 Å². The SMILES string of the molecule is O=C(COc1ccccc1)NC(Cc1ccccc1)c1nnc(SCc2ccccc2)n1-c1ccc([N+](=O)[O-])cc1. The maximum Gasteiger partial charge on any atom is 0.269 e. The number of hydrogen-bond acceptors (Lipinski definition) is 7. The van der Waals surface area contributed by atoms with Crippen LogP contribution in [0.15, 0.2) is 120 Å². The first kappa shape index (κ1) is 27.6. The molecule has 1 amide bonds. The van der Waals surface area contributed by atoms with E-state index in [1.54, 1.807) is 24.3 Å². The lowest BCUT2D eigenvalue weighted by Gasteiger charge is -2.20. The number of para-hydroxylation sites is 1. The average molecular weight is 566 g/mol. The molecule has 1 atom stereocenters. The molecule has 0 aliphatic rings. The van der Waals surface area contributed by atoms with E-state index >= 15 is 0 Å². The van der Waals surface area contributed by atoms with E-state index in [0.29, 0.717) is 34.6 Å². The lowest BCUT2D eigenvalue weighted by atomic mass is 10.0. The summed E-state index contributed by atoms with van der Waals surface area (Å²) in [7, 11) is 0. The van der Waals surface area contributed by atoms with Crippen LogP contribution >= 0.6 is 11.8 Å². The fourth-order valence-corrected chi connectivity index (χ4v) is 5.16. The van der Waals surface area contributed by atoms with Gasteiger partial charge in [0.25, 0.3) is 11.6 Å². The molecular weight excluding hydrogens is 538 g/mol. The summed E-state index contributed by atoms with van der Waals surface area (Å²) < 4.78 is 7.53. The number of nitrogens with zero attached hydrogens (tertiary/aromatic N) is 4. The molecule has 0 saturated heterocycles. The number of carbonyl (C=O) groups is 1. The molecule has 0 saturated carbocycles. The molecule has 0 fully saturated rings. The molecular formula is C31H27N5O4S. The summed E-state index contributed by atoms with van der Waals surface area (Å²) in [5, 5.41) is 24.0. The molecule has 0 aliphatic carbocycles. The number of rotatable bonds is 12. The van der Waals surface area contributed by atoms with Crippen molar-refractivity contribution in [1.29, 1.82) is 0 Å². The lowest BCUT2D eigenvalue weighted by molar-refractivity contribution is -0.384. The van der Waals surface area contributed by atoms with Gasteiger partial charge in [-0.3, -0.25) is 19.5 Å². The number of ether oxygens (including phenoxy) is 1. The first-order valence-electron chi connectivity index (χ1n) is 12.9. The van der Waals surface area contributed by atoms with E-state index in [-0.39, 0.29) is 18.2 Å². The number of thioether (sulfide) groups is 1. The number of hydrogen-bond donors (Lipinski definition) is 1. The molecule has 206 valence electrons. The molecule has 10 heteroatoms. The zero-order valence-electron chi connectivity index (χ0n) is 22.0. The van der Waals surface area contributed by atoms with E-state index in [1.165, 1.54) is 23.9 Å². The zero-order valence-corrected chi connectivity index (χ0v) is 22.8. The van der Waals surface area contributed by atoms with Gasteiger partial charge in [0, 0.05) is 23.6 Å². The van der Waals surface area contributed by atoms with Crippen molar-refractivity contribution in [3.05, 3.63) is 142 Å². The fourth-order valence-electron chi connectivity index (χ4n) is 4.25. The van der Waals surface area contributed by atoms with Gasteiger partial charge in [-0.25, -0.2) is 0 Å². The van der Waals surface area contributed by atoms with Crippen LogP contribution in [0.3, 0.4) is 0 Å². The quantitative estimate of drug-likeness (QED) is 0.113. The van der Waals surface area contributed by atoms with Gasteiger partial charge >= 0.3 is 0 Å². The monoisotopic (exact) mass is 565 g/mol. The maximum atomic E-state index is 13.1. The summed E-state index contributed by atoms with van der Waals surface area (Å²) >= 11 is 1.49. The fraction of sp³-hybridized carbons (Fsp3) is 0.129. The minimum Gasteiger partial charge on any atom is -0.484 e. The van der Waals surface area contributed by atoms with Crippen LogP contribution in [0.5, 0.6) is 5.75 Å². The van der Waals surface area contributed by atoms with E-state index < -0.39 is 11.0 Å². The highest BCUT2D eigenvalue weighted by Gasteiger charge is 2.25. The Balaban J connectivity index is 1.48. The van der Waals surface area contributed by atoms with Gasteiger partial charge in [0.15, 0.2) is 17.6 Å². The molecule has 5 rings (SSSR count). The molecule has 41 heavy (non-hydrogen) atoms. The van der Waals surface area contributed by atoms with Crippen LogP contribution in [0, 0.1) is 10.1 Å². The predicted octanol–water partition coefficient (Wildman–Crippen LogP) is 5.95. The Kier molecular flexibility index (Phi) is 9.02. The second kappa shape index (κ2) is 13.4. The second-order valence-corrected chi connectivity index (χ2v) is 10.1. The van der Waals surface area contributed by atoms with Crippen molar-refractivity contribution < 1.29 is 14.5 Å². The largest absolute Gasteiger partial charge is 0.484 e. The van der Waals surface area contributed by atoms with Gasteiger partial charge in [0.2, 0.25) is 0 Å². The van der Waals surface area contributed by atoms with Gasteiger partial charge in [-0.05, 0) is 41.8 Å². The van der Waals surface area contributed by atoms with Crippen LogP contribution < -0.4 is 10.1 Å². The number of nitro benzene ring substituents is 1. The minimum atomic E-state index is -0.557. The van der Waals surface area contributed by atoms with Gasteiger partial charge in [-0.15, -0.1) is 10.2 Å². The van der Waals surface area contributed by atoms with Crippen LogP contribution in [-0.4, -0.2) is 32.2 Å². The normalized spacial score (nSPS) is 11.5. The van der Waals surface area contributed by atoms with Crippen molar-refractivity contribution in [3.63, 3.8) is 0 Å². The van der Waals surface area contributed by atoms with Crippen molar-refractivity contribution in [3.8, 4) is 11.4 Å². The van der Waals surface area contributed by atoms with E-state index in [0.717, 1.165) is 11.1 Å². The van der Waals surface area contributed by atoms with Crippen LogP contribution in [0.1, 0.15) is 23.0 Å². The summed E-state index contributed by atoms with van der Waals surface area (Å²) in [6.07, 6.45) is 0.451. The van der Waals surface area contributed by atoms with Gasteiger partial charge in [-0.1, -0.05) is 90.6 Å². The Morgan fingerprint density at radius 1 is 0.854 bits per heavy atom. The van der Waals surface area contributed by atoms with E-state index in [9.17, 15) is 14.9 Å². The van der Waals surface area contributed by atoms with Crippen LogP contribution in [0.2, 0.25) is 0 Å². The maximum absolute atomic E-state index is 13.1. The van der Waals surface area contributed by atoms with Crippen molar-refractivity contribution in [2.75, 3.05) is 6.61 Å². The number of aromatic nitrogens is 3. The Labute approximate surface area is 241 Å². The standard InChI is InChI=1S/C31H27N5O4S/c37-29(21-40-27-14-8-3-9-15-27)32-28(20-23-10-4-1-5-11-23)30-33-34-31(41-22-24-12-6-2-7-13-24)35(30)25-16-18-26(19-17-25)36(38)39/h1-19,28H,20-22H2,(H,32,37). The number of nitro groups is 1. The lowest BCUT2D eigenvalue weighted by Crippen LogP contribution is -2.35. The predicted molar refractivity (Wildman–Crippen MR) is 157 cm³/mol. The Hall–Kier alpha value is -4.96. The van der Waals surface area contributed by atoms with E-state index in [1.807, 2.05) is 83.4 Å². The van der Waals surface area contributed by atoms with Crippen LogP contribution in [-0.2, 0) is 17.0 Å². The molecule has 1 heterocycles. The number of carbonyl (C=O) groups excluding carboxylic acids is 1. The topological polar surface area (TPSA) is 112 Å². The average Bonchev–Trinajstić information content (AvgIpc) is 3.44. The Morgan fingerprint density at radius 2 is 1.46 bits per heavy atom. The van der Waals surface area contributed by atoms with Crippen LogP contribution in [0.25, 0.3) is 5.69 Å². The van der Waals surface area contributed by atoms with Gasteiger partial charge in [0.05, 0.1) is 11.0 Å². The summed E-state index contributed by atoms with van der Waals surface area (Å²) in [6, 6.07) is 34.6. The molecule has 1 N–H and O–H groups in total. The molecule has 0 bridgehead atoms. The number of amides is 1. The Morgan fingerprint density at radius 3 is 2.10 bits per heavy atom. The second-order valence-electron chi connectivity index (χ2n) is 9.14. The molecule has 0 aliphatic heterocycles. The third-order valence-electron chi connectivity index (χ3n) is 6.23. The van der Waals surface area contributed by atoms with Crippen LogP contribution in [0.4, 0.5) is 5.69 Å². The minimum absolute atomic E-state index is 0.0194. The first-order valence-corrected chi connectivity index (χ1v) is 13.9. The van der Waals surface area contributed by atoms with Crippen molar-refractivity contribution in [2.24, 2.45) is 0 Å². The van der Waals surface area contributed by atoms with Crippen molar-refractivity contribution >= 4 is 23.4 Å². The third kappa shape index (κ3) is 7.37. The first-order chi connectivity index (χ1) is 20.1. The summed E-state index contributed by atoms with van der Waals surface area (Å²) in [6.45, 7) is -0.170. The van der Waals surface area contributed by atoms with Gasteiger partial charge in [-0.2, -0.15) is 0 Å². The highest BCUT2D eigenvalue weighted by atomic mass is 32.2. The zero-order chi connectivity index (χ0) is 28.4. The number of benzene rings is 4. The van der Waals surface area contributed by atoms with Gasteiger partial charge < -0.3 is 10.1 Å². The van der Waals surface area contributed by atoms with Gasteiger partial charge in [0.1, 0.15) is 5.75 Å². The summed E-state index contributed by atoms with van der Waals surface area (Å²) in [5.74, 6) is 1.43. The number of nitrogens with one attached hydrogen (secondary N) is 1. The molecule has 1 unspecified atom stereocenters. The molecule has 0 spiro atoms. The molecule has 0 radical (unpaired) electrons. The highest BCUT2D eigenvalue weighted by Crippen LogP contribution is 2.30. The molecule has 5 aromatic rings. The summed E-state index contributed by atoms with van der Waals surface area (Å²) in [5.41, 5.74) is 2.75. The third-order valence-corrected chi connectivity index (χ3v) is 7.23. The Bertz CT molecular complexity index is 1580. The summed E-state index contributed by atoms with van der Waals surface area (Å²) in [4.78, 5) is 24.0. The smallest absolute Gasteiger partial charge is 0.269 e. The molecule has 1 aromatic heterocycles.